The lowest BCUT2D eigenvalue weighted by Gasteiger charge is -2.41. The van der Waals surface area contributed by atoms with E-state index in [4.69, 9.17) is 9.47 Å². The summed E-state index contributed by atoms with van der Waals surface area (Å²) in [7, 11) is 3.22. The maximum Gasteiger partial charge on any atom is 0.227 e. The van der Waals surface area contributed by atoms with Crippen LogP contribution in [0.25, 0.3) is 0 Å². The molecule has 1 N–H and O–H groups in total. The number of amides is 2. The molecular formula is C27H28N2O4. The van der Waals surface area contributed by atoms with Crippen molar-refractivity contribution in [1.29, 1.82) is 0 Å². The lowest BCUT2D eigenvalue weighted by Crippen LogP contribution is -2.48. The molecule has 0 spiro atoms. The van der Waals surface area contributed by atoms with E-state index >= 15 is 0 Å². The zero-order valence-corrected chi connectivity index (χ0v) is 18.9. The van der Waals surface area contributed by atoms with Crippen LogP contribution in [0.3, 0.4) is 0 Å². The number of ether oxygens (including phenoxy) is 2. The van der Waals surface area contributed by atoms with Crippen molar-refractivity contribution >= 4 is 17.5 Å². The number of carbonyl (C=O) groups excluding carboxylic acids is 2. The molecule has 1 fully saturated rings. The van der Waals surface area contributed by atoms with E-state index in [2.05, 4.69) is 5.32 Å². The topological polar surface area (TPSA) is 67.9 Å². The second-order valence-corrected chi connectivity index (χ2v) is 7.99. The highest BCUT2D eigenvalue weighted by atomic mass is 16.5. The number of piperidine rings is 1. The van der Waals surface area contributed by atoms with Crippen LogP contribution in [0.1, 0.15) is 30.0 Å². The predicted molar refractivity (Wildman–Crippen MR) is 127 cm³/mol. The highest BCUT2D eigenvalue weighted by Gasteiger charge is 2.41. The van der Waals surface area contributed by atoms with Crippen molar-refractivity contribution in [2.75, 3.05) is 19.1 Å². The first kappa shape index (κ1) is 22.4. The molecule has 3 aromatic rings. The van der Waals surface area contributed by atoms with E-state index in [-0.39, 0.29) is 17.7 Å². The molecule has 2 atom stereocenters. The van der Waals surface area contributed by atoms with Gasteiger partial charge in [0.15, 0.2) is 0 Å². The molecule has 0 unspecified atom stereocenters. The van der Waals surface area contributed by atoms with Gasteiger partial charge in [0.1, 0.15) is 11.5 Å². The van der Waals surface area contributed by atoms with Crippen LogP contribution in [-0.4, -0.2) is 26.0 Å². The number of hydrogen-bond donors (Lipinski definition) is 1. The molecule has 1 saturated heterocycles. The molecular weight excluding hydrogens is 416 g/mol. The summed E-state index contributed by atoms with van der Waals surface area (Å²) in [5, 5.41) is 3.07. The summed E-state index contributed by atoms with van der Waals surface area (Å²) in [5.41, 5.74) is 2.58. The Bertz CT molecular complexity index is 1100. The van der Waals surface area contributed by atoms with E-state index < -0.39 is 6.04 Å². The van der Waals surface area contributed by atoms with Crippen LogP contribution in [0, 0.1) is 5.92 Å². The molecule has 2 amide bonds. The zero-order valence-electron chi connectivity index (χ0n) is 18.9. The number of benzene rings is 3. The monoisotopic (exact) mass is 444 g/mol. The maximum atomic E-state index is 13.4. The molecule has 0 saturated carbocycles. The number of anilines is 1. The van der Waals surface area contributed by atoms with Gasteiger partial charge < -0.3 is 19.7 Å². The minimum atomic E-state index is -0.404. The third-order valence-electron chi connectivity index (χ3n) is 6.07. The van der Waals surface area contributed by atoms with Gasteiger partial charge in [-0.3, -0.25) is 9.59 Å². The fraction of sp³-hybridized carbons (Fsp3) is 0.259. The lowest BCUT2D eigenvalue weighted by molar-refractivity contribution is -0.129. The van der Waals surface area contributed by atoms with E-state index in [9.17, 15) is 9.59 Å². The van der Waals surface area contributed by atoms with Crippen molar-refractivity contribution in [1.82, 2.24) is 5.32 Å². The summed E-state index contributed by atoms with van der Waals surface area (Å²) in [6.45, 7) is 0.358. The smallest absolute Gasteiger partial charge is 0.227 e. The highest BCUT2D eigenvalue weighted by molar-refractivity contribution is 5.97. The van der Waals surface area contributed by atoms with Crippen LogP contribution in [0.4, 0.5) is 5.69 Å². The second-order valence-electron chi connectivity index (χ2n) is 7.99. The van der Waals surface area contributed by atoms with Crippen LogP contribution in [0.2, 0.25) is 0 Å². The standard InChI is InChI=1S/C27H28N2O4/c1-32-22-14-12-21(13-15-22)29-25(30)17-16-23(26(29)19-8-4-3-5-9-19)27(31)28-18-20-10-6-7-11-24(20)33-2/h3-15,23,26H,16-18H2,1-2H3,(H,28,31)/t23-,26-/m0/s1. The molecule has 0 aliphatic carbocycles. The molecule has 6 heteroatoms. The Kier molecular flexibility index (Phi) is 6.93. The molecule has 1 heterocycles. The van der Waals surface area contributed by atoms with Crippen molar-refractivity contribution in [3.8, 4) is 11.5 Å². The molecule has 0 aromatic heterocycles. The number of methoxy groups -OCH3 is 2. The van der Waals surface area contributed by atoms with Gasteiger partial charge in [-0.25, -0.2) is 0 Å². The highest BCUT2D eigenvalue weighted by Crippen LogP contribution is 2.40. The molecule has 4 rings (SSSR count). The van der Waals surface area contributed by atoms with Gasteiger partial charge in [-0.15, -0.1) is 0 Å². The van der Waals surface area contributed by atoms with Crippen LogP contribution >= 0.6 is 0 Å². The van der Waals surface area contributed by atoms with E-state index in [1.807, 2.05) is 78.9 Å². The fourth-order valence-electron chi connectivity index (χ4n) is 4.41. The molecule has 1 aliphatic heterocycles. The van der Waals surface area contributed by atoms with Gasteiger partial charge in [-0.2, -0.15) is 0 Å². The molecule has 6 nitrogen and oxygen atoms in total. The SMILES string of the molecule is COc1ccc(N2C(=O)CC[C@H](C(=O)NCc3ccccc3OC)[C@@H]2c2ccccc2)cc1. The van der Waals surface area contributed by atoms with E-state index in [1.165, 1.54) is 0 Å². The van der Waals surface area contributed by atoms with Crippen LogP contribution in [0.5, 0.6) is 11.5 Å². The minimum Gasteiger partial charge on any atom is -0.497 e. The lowest BCUT2D eigenvalue weighted by atomic mass is 9.83. The average molecular weight is 445 g/mol. The Morgan fingerprint density at radius 3 is 2.33 bits per heavy atom. The summed E-state index contributed by atoms with van der Waals surface area (Å²) >= 11 is 0. The first-order chi connectivity index (χ1) is 16.1. The van der Waals surface area contributed by atoms with Crippen molar-refractivity contribution in [3.63, 3.8) is 0 Å². The second kappa shape index (κ2) is 10.2. The van der Waals surface area contributed by atoms with Crippen LogP contribution < -0.4 is 19.7 Å². The van der Waals surface area contributed by atoms with Crippen molar-refractivity contribution in [2.24, 2.45) is 5.92 Å². The van der Waals surface area contributed by atoms with Gasteiger partial charge in [0, 0.05) is 24.2 Å². The number of rotatable bonds is 7. The van der Waals surface area contributed by atoms with Crippen LogP contribution in [-0.2, 0) is 16.1 Å². The van der Waals surface area contributed by atoms with E-state index in [0.717, 1.165) is 22.6 Å². The molecule has 0 bridgehead atoms. The van der Waals surface area contributed by atoms with Crippen molar-refractivity contribution in [3.05, 3.63) is 90.0 Å². The Morgan fingerprint density at radius 1 is 0.939 bits per heavy atom. The number of carbonyl (C=O) groups is 2. The number of nitrogens with one attached hydrogen (secondary N) is 1. The average Bonchev–Trinajstić information content (AvgIpc) is 2.87. The number of nitrogens with zero attached hydrogens (tertiary/aromatic N) is 1. The van der Waals surface area contributed by atoms with Gasteiger partial charge in [0.25, 0.3) is 0 Å². The van der Waals surface area contributed by atoms with Gasteiger partial charge >= 0.3 is 0 Å². The summed E-state index contributed by atoms with van der Waals surface area (Å²) in [6.07, 6.45) is 0.797. The summed E-state index contributed by atoms with van der Waals surface area (Å²) in [5.74, 6) is 0.979. The molecule has 170 valence electrons. The molecule has 1 aliphatic rings. The molecule has 3 aromatic carbocycles. The zero-order chi connectivity index (χ0) is 23.2. The summed E-state index contributed by atoms with van der Waals surface area (Å²) < 4.78 is 10.7. The van der Waals surface area contributed by atoms with Gasteiger partial charge in [0.05, 0.1) is 26.2 Å². The normalized spacial score (nSPS) is 18.0. The van der Waals surface area contributed by atoms with E-state index in [0.29, 0.717) is 25.1 Å². The number of para-hydroxylation sites is 1. The number of hydrogen-bond acceptors (Lipinski definition) is 4. The molecule has 33 heavy (non-hydrogen) atoms. The maximum absolute atomic E-state index is 13.4. The largest absolute Gasteiger partial charge is 0.497 e. The Balaban J connectivity index is 1.64. The first-order valence-electron chi connectivity index (χ1n) is 11.0. The first-order valence-corrected chi connectivity index (χ1v) is 11.0. The van der Waals surface area contributed by atoms with E-state index in [1.54, 1.807) is 19.1 Å². The quantitative estimate of drug-likeness (QED) is 0.583. The van der Waals surface area contributed by atoms with Gasteiger partial charge in [-0.1, -0.05) is 48.5 Å². The Labute approximate surface area is 194 Å². The third-order valence-corrected chi connectivity index (χ3v) is 6.07. The summed E-state index contributed by atoms with van der Waals surface area (Å²) in [6, 6.07) is 24.4. The van der Waals surface area contributed by atoms with Gasteiger partial charge in [0.2, 0.25) is 11.8 Å². The van der Waals surface area contributed by atoms with Crippen LogP contribution in [0.15, 0.2) is 78.9 Å². The minimum absolute atomic E-state index is 0.00259. The van der Waals surface area contributed by atoms with Crippen molar-refractivity contribution < 1.29 is 19.1 Å². The third kappa shape index (κ3) is 4.85. The Morgan fingerprint density at radius 2 is 1.64 bits per heavy atom. The van der Waals surface area contributed by atoms with Crippen molar-refractivity contribution in [2.45, 2.75) is 25.4 Å². The molecule has 0 radical (unpaired) electrons. The Hall–Kier alpha value is -3.80. The van der Waals surface area contributed by atoms with Gasteiger partial charge in [-0.05, 0) is 42.3 Å². The summed E-state index contributed by atoms with van der Waals surface area (Å²) in [4.78, 5) is 28.3. The predicted octanol–water partition coefficient (Wildman–Crippen LogP) is 4.50. The fourth-order valence-corrected chi connectivity index (χ4v) is 4.41.